The molecule has 0 aliphatic carbocycles. The first-order valence-corrected chi connectivity index (χ1v) is 11.0. The number of hydrogen-bond acceptors (Lipinski definition) is 6. The van der Waals surface area contributed by atoms with Gasteiger partial charge < -0.3 is 9.47 Å². The third-order valence-corrected chi connectivity index (χ3v) is 6.06. The number of ketones is 1. The smallest absolute Gasteiger partial charge is 0.266 e. The van der Waals surface area contributed by atoms with Gasteiger partial charge in [-0.3, -0.25) is 14.2 Å². The Morgan fingerprint density at radius 3 is 2.50 bits per heavy atom. The minimum Gasteiger partial charge on any atom is -0.497 e. The molecule has 0 aliphatic rings. The molecule has 1 aromatic heterocycles. The molecule has 6 nitrogen and oxygen atoms in total. The number of nitrogens with zero attached hydrogens (tertiary/aromatic N) is 2. The summed E-state index contributed by atoms with van der Waals surface area (Å²) in [5.41, 5.74) is 1.41. The summed E-state index contributed by atoms with van der Waals surface area (Å²) < 4.78 is 12.0. The van der Waals surface area contributed by atoms with E-state index in [9.17, 15) is 9.59 Å². The van der Waals surface area contributed by atoms with Crippen LogP contribution >= 0.6 is 23.4 Å². The van der Waals surface area contributed by atoms with Crippen molar-refractivity contribution in [2.45, 2.75) is 5.16 Å². The lowest BCUT2D eigenvalue weighted by molar-refractivity contribution is 0.101. The normalized spacial score (nSPS) is 10.8. The number of Topliss-reactive ketones (excluding diaryl/α,β-unsaturated/α-hetero) is 1. The zero-order chi connectivity index (χ0) is 22.7. The lowest BCUT2D eigenvalue weighted by Crippen LogP contribution is -2.22. The minimum absolute atomic E-state index is 0.0705. The molecule has 0 fully saturated rings. The maximum atomic E-state index is 13.3. The van der Waals surface area contributed by atoms with Crippen molar-refractivity contribution >= 4 is 40.0 Å². The first-order chi connectivity index (χ1) is 15.5. The van der Waals surface area contributed by atoms with E-state index in [0.29, 0.717) is 43.8 Å². The molecule has 0 bridgehead atoms. The third kappa shape index (κ3) is 4.35. The van der Waals surface area contributed by atoms with Crippen LogP contribution < -0.4 is 15.0 Å². The van der Waals surface area contributed by atoms with E-state index in [2.05, 4.69) is 4.98 Å². The predicted molar refractivity (Wildman–Crippen MR) is 127 cm³/mol. The largest absolute Gasteiger partial charge is 0.497 e. The Hall–Kier alpha value is -3.29. The minimum atomic E-state index is -0.213. The van der Waals surface area contributed by atoms with E-state index in [0.717, 1.165) is 0 Å². The van der Waals surface area contributed by atoms with Crippen LogP contribution in [0.1, 0.15) is 10.4 Å². The second-order valence-electron chi connectivity index (χ2n) is 6.81. The standard InChI is InChI=1S/C24H19ClN2O4S/c1-30-17-11-12-19(22(13-17)31-2)21(28)14-32-24-26-20-6-4-3-5-18(20)23(29)27(24)16-9-7-15(25)8-10-16/h3-13H,14H2,1-2H3. The van der Waals surface area contributed by atoms with Gasteiger partial charge in [-0.1, -0.05) is 35.5 Å². The number of thioether (sulfide) groups is 1. The quantitative estimate of drug-likeness (QED) is 0.216. The highest BCUT2D eigenvalue weighted by atomic mass is 35.5. The molecular weight excluding hydrogens is 448 g/mol. The van der Waals surface area contributed by atoms with Crippen molar-refractivity contribution in [3.63, 3.8) is 0 Å². The lowest BCUT2D eigenvalue weighted by atomic mass is 10.1. The number of rotatable bonds is 7. The number of fused-ring (bicyclic) bond motifs is 1. The van der Waals surface area contributed by atoms with E-state index in [1.165, 1.54) is 23.4 Å². The number of halogens is 1. The zero-order valence-electron chi connectivity index (χ0n) is 17.4. The topological polar surface area (TPSA) is 70.4 Å². The summed E-state index contributed by atoms with van der Waals surface area (Å²) >= 11 is 7.21. The van der Waals surface area contributed by atoms with Gasteiger partial charge in [0.1, 0.15) is 11.5 Å². The second-order valence-corrected chi connectivity index (χ2v) is 8.19. The van der Waals surface area contributed by atoms with Crippen LogP contribution in [-0.2, 0) is 0 Å². The van der Waals surface area contributed by atoms with Gasteiger partial charge in [-0.25, -0.2) is 4.98 Å². The van der Waals surface area contributed by atoms with Crippen LogP contribution in [0.4, 0.5) is 0 Å². The summed E-state index contributed by atoms with van der Waals surface area (Å²) in [5, 5.41) is 1.47. The van der Waals surface area contributed by atoms with E-state index in [1.54, 1.807) is 67.8 Å². The van der Waals surface area contributed by atoms with Gasteiger partial charge in [-0.2, -0.15) is 0 Å². The molecule has 0 atom stereocenters. The number of para-hydroxylation sites is 1. The summed E-state index contributed by atoms with van der Waals surface area (Å²) in [5.74, 6) is 0.941. The number of carbonyl (C=O) groups excluding carboxylic acids is 1. The van der Waals surface area contributed by atoms with Crippen molar-refractivity contribution in [2.24, 2.45) is 0 Å². The lowest BCUT2D eigenvalue weighted by Gasteiger charge is -2.14. The van der Waals surface area contributed by atoms with Crippen LogP contribution in [0.15, 0.2) is 76.7 Å². The summed E-state index contributed by atoms with van der Waals surface area (Å²) in [4.78, 5) is 30.9. The average Bonchev–Trinajstić information content (AvgIpc) is 2.83. The van der Waals surface area contributed by atoms with Crippen LogP contribution in [-0.4, -0.2) is 35.3 Å². The van der Waals surface area contributed by atoms with Crippen molar-refractivity contribution in [3.05, 3.63) is 87.7 Å². The SMILES string of the molecule is COc1ccc(C(=O)CSc2nc3ccccc3c(=O)n2-c2ccc(Cl)cc2)c(OC)c1. The first-order valence-electron chi connectivity index (χ1n) is 9.67. The Kier molecular flexibility index (Phi) is 6.48. The number of benzene rings is 3. The van der Waals surface area contributed by atoms with Crippen LogP contribution in [0.5, 0.6) is 11.5 Å². The molecule has 0 saturated heterocycles. The maximum absolute atomic E-state index is 13.3. The summed E-state index contributed by atoms with van der Waals surface area (Å²) in [6.07, 6.45) is 0. The zero-order valence-corrected chi connectivity index (χ0v) is 18.9. The van der Waals surface area contributed by atoms with Gasteiger partial charge in [-0.15, -0.1) is 0 Å². The van der Waals surface area contributed by atoms with Crippen LogP contribution in [0.25, 0.3) is 16.6 Å². The highest BCUT2D eigenvalue weighted by Gasteiger charge is 2.18. The molecule has 1 heterocycles. The van der Waals surface area contributed by atoms with E-state index < -0.39 is 0 Å². The van der Waals surface area contributed by atoms with Gasteiger partial charge in [-0.05, 0) is 48.5 Å². The summed E-state index contributed by atoms with van der Waals surface area (Å²) in [7, 11) is 3.05. The van der Waals surface area contributed by atoms with Gasteiger partial charge in [0.15, 0.2) is 10.9 Å². The van der Waals surface area contributed by atoms with E-state index >= 15 is 0 Å². The van der Waals surface area contributed by atoms with Crippen molar-refractivity contribution in [1.82, 2.24) is 9.55 Å². The molecule has 0 amide bonds. The van der Waals surface area contributed by atoms with Gasteiger partial charge in [0.05, 0.1) is 42.1 Å². The summed E-state index contributed by atoms with van der Waals surface area (Å²) in [6, 6.07) is 19.1. The first kappa shape index (κ1) is 21.9. The monoisotopic (exact) mass is 466 g/mol. The highest BCUT2D eigenvalue weighted by Crippen LogP contribution is 2.28. The molecule has 0 aliphatic heterocycles. The molecule has 162 valence electrons. The molecule has 3 aromatic carbocycles. The van der Waals surface area contributed by atoms with E-state index in [-0.39, 0.29) is 17.1 Å². The number of aromatic nitrogens is 2. The van der Waals surface area contributed by atoms with Crippen LogP contribution in [0.3, 0.4) is 0 Å². The van der Waals surface area contributed by atoms with Crippen molar-refractivity contribution in [1.29, 1.82) is 0 Å². The van der Waals surface area contributed by atoms with E-state index in [4.69, 9.17) is 21.1 Å². The fraction of sp³-hybridized carbons (Fsp3) is 0.125. The van der Waals surface area contributed by atoms with Gasteiger partial charge >= 0.3 is 0 Å². The molecular formula is C24H19ClN2O4S. The molecule has 4 rings (SSSR count). The Bertz CT molecular complexity index is 1350. The average molecular weight is 467 g/mol. The number of ether oxygens (including phenoxy) is 2. The van der Waals surface area contributed by atoms with Gasteiger partial charge in [0.2, 0.25) is 0 Å². The van der Waals surface area contributed by atoms with Gasteiger partial charge in [0, 0.05) is 11.1 Å². The highest BCUT2D eigenvalue weighted by molar-refractivity contribution is 7.99. The molecule has 0 unspecified atom stereocenters. The molecule has 32 heavy (non-hydrogen) atoms. The Morgan fingerprint density at radius 2 is 1.78 bits per heavy atom. The van der Waals surface area contributed by atoms with Crippen LogP contribution in [0.2, 0.25) is 5.02 Å². The van der Waals surface area contributed by atoms with Crippen molar-refractivity contribution < 1.29 is 14.3 Å². The molecule has 0 radical (unpaired) electrons. The molecule has 0 saturated carbocycles. The number of methoxy groups -OCH3 is 2. The van der Waals surface area contributed by atoms with Crippen LogP contribution in [0, 0.1) is 0 Å². The predicted octanol–water partition coefficient (Wildman–Crippen LogP) is 5.03. The Balaban J connectivity index is 1.73. The molecule has 0 spiro atoms. The molecule has 0 N–H and O–H groups in total. The third-order valence-electron chi connectivity index (χ3n) is 4.87. The van der Waals surface area contributed by atoms with Gasteiger partial charge in [0.25, 0.3) is 5.56 Å². The fourth-order valence-electron chi connectivity index (χ4n) is 3.26. The Morgan fingerprint density at radius 1 is 1.03 bits per heavy atom. The summed E-state index contributed by atoms with van der Waals surface area (Å²) in [6.45, 7) is 0. The van der Waals surface area contributed by atoms with Crippen molar-refractivity contribution in [3.8, 4) is 17.2 Å². The number of hydrogen-bond donors (Lipinski definition) is 0. The second kappa shape index (κ2) is 9.46. The molecule has 4 aromatic rings. The molecule has 8 heteroatoms. The number of carbonyl (C=O) groups is 1. The fourth-order valence-corrected chi connectivity index (χ4v) is 4.29. The van der Waals surface area contributed by atoms with E-state index in [1.807, 2.05) is 6.07 Å². The Labute approximate surface area is 193 Å². The maximum Gasteiger partial charge on any atom is 0.266 e. The van der Waals surface area contributed by atoms with Crippen molar-refractivity contribution in [2.75, 3.05) is 20.0 Å².